The third-order valence-electron chi connectivity index (χ3n) is 9.13. The highest BCUT2D eigenvalue weighted by atomic mass is 32.2. The average Bonchev–Trinajstić information content (AvgIpc) is 3.22. The fourth-order valence-electron chi connectivity index (χ4n) is 6.37. The molecule has 0 aliphatic heterocycles. The maximum Gasteiger partial charge on any atom is 0.414 e. The van der Waals surface area contributed by atoms with Gasteiger partial charge in [0.15, 0.2) is 0 Å². The van der Waals surface area contributed by atoms with Gasteiger partial charge in [-0.15, -0.1) is 11.8 Å². The van der Waals surface area contributed by atoms with Crippen LogP contribution >= 0.6 is 11.8 Å². The number of ether oxygens (including phenoxy) is 3. The van der Waals surface area contributed by atoms with Crippen LogP contribution in [0.15, 0.2) is 115 Å². The average molecular weight is 884 g/mol. The maximum atomic E-state index is 14.1. The van der Waals surface area contributed by atoms with Gasteiger partial charge in [-0.3, -0.25) is 14.9 Å². The standard InChI is InChI=1S/C47H57N5O10S/c1-45(2,3)61-43(58)51-37(41(55)56)29-31-24-26-35(27-25-31)60-42(57)50-36(23-16-28-48)39(53)49-38(40(54)52-44(59)62-46(4,5)6)30-63-47(32-17-10-7-11-18-32,33-19-12-8-13-20-33)34-21-14-9-15-22-34/h7-15,17-22,24-27,36-38H,16,23,28-30,48H2,1-6H3,(H,49,53)(H,50,57)(H,51,58)(H,55,56)(H,52,54,59)/t36-,37-,38-/m0/s1. The molecule has 0 aliphatic rings. The van der Waals surface area contributed by atoms with Crippen LogP contribution in [0.1, 0.15) is 76.6 Å². The number of carbonyl (C=O) groups excluding carboxylic acids is 5. The fraction of sp³-hybridized carbons (Fsp3) is 0.362. The predicted octanol–water partition coefficient (Wildman–Crippen LogP) is 6.66. The van der Waals surface area contributed by atoms with Crippen LogP contribution < -0.4 is 31.7 Å². The molecule has 0 saturated heterocycles. The summed E-state index contributed by atoms with van der Waals surface area (Å²) in [5.74, 6) is -2.81. The molecule has 4 aromatic carbocycles. The lowest BCUT2D eigenvalue weighted by Gasteiger charge is -2.36. The second-order valence-corrected chi connectivity index (χ2v) is 17.8. The molecule has 16 heteroatoms. The van der Waals surface area contributed by atoms with Crippen molar-refractivity contribution in [3.8, 4) is 5.75 Å². The van der Waals surface area contributed by atoms with E-state index in [-0.39, 0.29) is 30.9 Å². The maximum absolute atomic E-state index is 14.1. The number of carbonyl (C=O) groups is 6. The number of hydrogen-bond donors (Lipinski definition) is 6. The molecule has 7 N–H and O–H groups in total. The van der Waals surface area contributed by atoms with Gasteiger partial charge in [-0.05, 0) is 95.3 Å². The number of aliphatic carboxylic acids is 1. The molecule has 0 radical (unpaired) electrons. The number of nitrogens with one attached hydrogen (secondary N) is 4. The molecule has 0 unspecified atom stereocenters. The van der Waals surface area contributed by atoms with E-state index in [9.17, 15) is 33.9 Å². The first kappa shape index (κ1) is 49.3. The van der Waals surface area contributed by atoms with Crippen molar-refractivity contribution in [2.24, 2.45) is 5.73 Å². The van der Waals surface area contributed by atoms with E-state index in [1.165, 1.54) is 36.0 Å². The Kier molecular flexibility index (Phi) is 17.7. The summed E-state index contributed by atoms with van der Waals surface area (Å²) in [7, 11) is 0. The van der Waals surface area contributed by atoms with Crippen molar-refractivity contribution in [2.45, 2.75) is 94.9 Å². The van der Waals surface area contributed by atoms with Crippen LogP contribution in [-0.2, 0) is 35.0 Å². The molecule has 0 fully saturated rings. The summed E-state index contributed by atoms with van der Waals surface area (Å²) in [6.45, 7) is 10.1. The molecule has 4 aromatic rings. The molecule has 3 atom stereocenters. The Balaban J connectivity index is 1.57. The highest BCUT2D eigenvalue weighted by Crippen LogP contribution is 2.48. The lowest BCUT2D eigenvalue weighted by molar-refractivity contribution is -0.139. The predicted molar refractivity (Wildman–Crippen MR) is 240 cm³/mol. The van der Waals surface area contributed by atoms with Crippen molar-refractivity contribution >= 4 is 47.8 Å². The van der Waals surface area contributed by atoms with Crippen molar-refractivity contribution < 1.29 is 48.1 Å². The third kappa shape index (κ3) is 15.5. The minimum atomic E-state index is -1.32. The van der Waals surface area contributed by atoms with Gasteiger partial charge in [-0.2, -0.15) is 0 Å². The van der Waals surface area contributed by atoms with Gasteiger partial charge in [0.25, 0.3) is 5.91 Å². The fourth-order valence-corrected chi connectivity index (χ4v) is 7.93. The van der Waals surface area contributed by atoms with E-state index in [1.54, 1.807) is 41.5 Å². The Morgan fingerprint density at radius 2 is 1.08 bits per heavy atom. The van der Waals surface area contributed by atoms with Crippen LogP contribution in [0.4, 0.5) is 14.4 Å². The topological polar surface area (TPSA) is 224 Å². The Morgan fingerprint density at radius 3 is 1.54 bits per heavy atom. The van der Waals surface area contributed by atoms with Crippen molar-refractivity contribution in [3.05, 3.63) is 138 Å². The first-order valence-corrected chi connectivity index (χ1v) is 21.4. The molecular weight excluding hydrogens is 827 g/mol. The minimum Gasteiger partial charge on any atom is -0.480 e. The number of rotatable bonds is 18. The van der Waals surface area contributed by atoms with Crippen molar-refractivity contribution in [2.75, 3.05) is 12.3 Å². The number of thioether (sulfide) groups is 1. The smallest absolute Gasteiger partial charge is 0.414 e. The van der Waals surface area contributed by atoms with Crippen LogP contribution in [0.5, 0.6) is 5.75 Å². The van der Waals surface area contributed by atoms with E-state index >= 15 is 0 Å². The molecule has 0 heterocycles. The molecule has 336 valence electrons. The Morgan fingerprint density at radius 1 is 0.603 bits per heavy atom. The molecular formula is C47H57N5O10S. The third-order valence-corrected chi connectivity index (χ3v) is 10.8. The SMILES string of the molecule is CC(C)(C)OC(=O)NC(=O)[C@H](CSC(c1ccccc1)(c1ccccc1)c1ccccc1)NC(=O)[C@H](CCCN)NC(=O)Oc1ccc(C[C@H](NC(=O)OC(C)(C)C)C(=O)O)cc1. The van der Waals surface area contributed by atoms with Gasteiger partial charge in [0.05, 0.1) is 4.75 Å². The minimum absolute atomic E-state index is 0.0461. The van der Waals surface area contributed by atoms with Gasteiger partial charge in [-0.25, -0.2) is 19.2 Å². The quantitative estimate of drug-likeness (QED) is 0.0577. The summed E-state index contributed by atoms with van der Waals surface area (Å²) in [4.78, 5) is 78.4. The van der Waals surface area contributed by atoms with E-state index in [1.807, 2.05) is 91.0 Å². The van der Waals surface area contributed by atoms with E-state index < -0.39 is 70.1 Å². The van der Waals surface area contributed by atoms with Crippen LogP contribution in [-0.4, -0.2) is 82.8 Å². The molecule has 63 heavy (non-hydrogen) atoms. The monoisotopic (exact) mass is 883 g/mol. The summed E-state index contributed by atoms with van der Waals surface area (Å²) < 4.78 is 15.1. The molecule has 0 spiro atoms. The van der Waals surface area contributed by atoms with Gasteiger partial charge < -0.3 is 41.0 Å². The molecule has 0 aromatic heterocycles. The van der Waals surface area contributed by atoms with Gasteiger partial charge in [0, 0.05) is 12.2 Å². The van der Waals surface area contributed by atoms with E-state index in [0.717, 1.165) is 16.7 Å². The second-order valence-electron chi connectivity index (χ2n) is 16.5. The highest BCUT2D eigenvalue weighted by molar-refractivity contribution is 8.00. The van der Waals surface area contributed by atoms with Crippen LogP contribution in [0.3, 0.4) is 0 Å². The van der Waals surface area contributed by atoms with Crippen molar-refractivity contribution in [1.82, 2.24) is 21.3 Å². The normalized spacial score (nSPS) is 13.0. The first-order chi connectivity index (χ1) is 29.8. The van der Waals surface area contributed by atoms with E-state index in [2.05, 4.69) is 21.3 Å². The summed E-state index contributed by atoms with van der Waals surface area (Å²) >= 11 is 1.38. The van der Waals surface area contributed by atoms with Gasteiger partial charge in [0.1, 0.15) is 35.1 Å². The Labute approximate surface area is 372 Å². The lowest BCUT2D eigenvalue weighted by Crippen LogP contribution is -2.56. The van der Waals surface area contributed by atoms with Crippen LogP contribution in [0.2, 0.25) is 0 Å². The van der Waals surface area contributed by atoms with Crippen LogP contribution in [0, 0.1) is 0 Å². The first-order valence-electron chi connectivity index (χ1n) is 20.4. The summed E-state index contributed by atoms with van der Waals surface area (Å²) in [5, 5.41) is 19.6. The molecule has 5 amide bonds. The summed E-state index contributed by atoms with van der Waals surface area (Å²) in [5.41, 5.74) is 7.29. The molecule has 4 rings (SSSR count). The number of carboxylic acids is 1. The van der Waals surface area contributed by atoms with Crippen molar-refractivity contribution in [3.63, 3.8) is 0 Å². The zero-order chi connectivity index (χ0) is 46.2. The van der Waals surface area contributed by atoms with E-state index in [4.69, 9.17) is 19.9 Å². The highest BCUT2D eigenvalue weighted by Gasteiger charge is 2.39. The molecule has 0 saturated carbocycles. The number of nitrogens with two attached hydrogens (primary N) is 1. The number of amides is 5. The largest absolute Gasteiger partial charge is 0.480 e. The number of carboxylic acid groups (broad SMARTS) is 1. The summed E-state index contributed by atoms with van der Waals surface area (Å²) in [6.07, 6.45) is -2.57. The van der Waals surface area contributed by atoms with Crippen molar-refractivity contribution in [1.29, 1.82) is 0 Å². The number of imide groups is 1. The van der Waals surface area contributed by atoms with Crippen LogP contribution in [0.25, 0.3) is 0 Å². The van der Waals surface area contributed by atoms with Gasteiger partial charge in [0.2, 0.25) is 5.91 Å². The zero-order valence-electron chi connectivity index (χ0n) is 36.3. The molecule has 15 nitrogen and oxygen atoms in total. The molecule has 0 bridgehead atoms. The van der Waals surface area contributed by atoms with E-state index in [0.29, 0.717) is 12.0 Å². The van der Waals surface area contributed by atoms with Gasteiger partial charge in [-0.1, -0.05) is 103 Å². The molecule has 0 aliphatic carbocycles. The zero-order valence-corrected chi connectivity index (χ0v) is 37.2. The Bertz CT molecular complexity index is 2050. The Hall–Kier alpha value is -6.39. The summed E-state index contributed by atoms with van der Waals surface area (Å²) in [6, 6.07) is 31.3. The van der Waals surface area contributed by atoms with Gasteiger partial charge >= 0.3 is 24.2 Å². The number of hydrogen-bond acceptors (Lipinski definition) is 11. The number of alkyl carbamates (subject to hydrolysis) is 2. The second kappa shape index (κ2) is 22.6. The lowest BCUT2D eigenvalue weighted by atomic mass is 9.84. The number of benzene rings is 4.